The summed E-state index contributed by atoms with van der Waals surface area (Å²) in [6, 6.07) is 14.0. The highest BCUT2D eigenvalue weighted by molar-refractivity contribution is 5.80. The van der Waals surface area contributed by atoms with Gasteiger partial charge in [-0.25, -0.2) is 9.37 Å². The molecule has 0 aliphatic carbocycles. The smallest absolute Gasteiger partial charge is 0.191 e. The fraction of sp³-hybridized carbons (Fsp3) is 0.333. The number of guanidine groups is 1. The van der Waals surface area contributed by atoms with Gasteiger partial charge in [0.05, 0.1) is 18.1 Å². The van der Waals surface area contributed by atoms with E-state index in [9.17, 15) is 4.39 Å². The number of aliphatic imine (C=N–C) groups is 1. The molecule has 3 aromatic rings. The summed E-state index contributed by atoms with van der Waals surface area (Å²) in [5.41, 5.74) is 3.81. The van der Waals surface area contributed by atoms with Crippen LogP contribution in [0.25, 0.3) is 5.69 Å². The summed E-state index contributed by atoms with van der Waals surface area (Å²) < 4.78 is 16.1. The maximum Gasteiger partial charge on any atom is 0.191 e. The van der Waals surface area contributed by atoms with Crippen molar-refractivity contribution < 1.29 is 4.39 Å². The third-order valence-corrected chi connectivity index (χ3v) is 5.67. The van der Waals surface area contributed by atoms with Gasteiger partial charge in [0.25, 0.3) is 0 Å². The third-order valence-electron chi connectivity index (χ3n) is 5.67. The molecular weight excluding hydrogens is 391 g/mol. The molecule has 0 amide bonds. The van der Waals surface area contributed by atoms with Gasteiger partial charge in [-0.2, -0.15) is 0 Å². The van der Waals surface area contributed by atoms with Crippen LogP contribution in [0.5, 0.6) is 0 Å². The highest BCUT2D eigenvalue weighted by atomic mass is 19.1. The van der Waals surface area contributed by atoms with E-state index in [1.165, 1.54) is 24.1 Å². The second-order valence-corrected chi connectivity index (χ2v) is 7.84. The maximum absolute atomic E-state index is 14.5. The SMILES string of the molecule is CN=C(NCc1ccc(-n2ccnc2)c(F)c1)NC(C)c1cccc(N2CCCC2)c1. The molecule has 0 spiro atoms. The normalized spacial score (nSPS) is 15.2. The first-order chi connectivity index (χ1) is 15.1. The first kappa shape index (κ1) is 20.9. The minimum atomic E-state index is -0.285. The Kier molecular flexibility index (Phi) is 6.50. The van der Waals surface area contributed by atoms with Gasteiger partial charge in [-0.05, 0) is 55.2 Å². The molecule has 0 saturated carbocycles. The van der Waals surface area contributed by atoms with Gasteiger partial charge in [0.2, 0.25) is 0 Å². The van der Waals surface area contributed by atoms with Gasteiger partial charge in [0, 0.05) is 44.8 Å². The molecule has 31 heavy (non-hydrogen) atoms. The molecule has 1 unspecified atom stereocenters. The van der Waals surface area contributed by atoms with Gasteiger partial charge >= 0.3 is 0 Å². The first-order valence-electron chi connectivity index (χ1n) is 10.7. The Morgan fingerprint density at radius 3 is 2.74 bits per heavy atom. The predicted molar refractivity (Wildman–Crippen MR) is 123 cm³/mol. The zero-order valence-electron chi connectivity index (χ0n) is 18.1. The van der Waals surface area contributed by atoms with Crippen LogP contribution in [0, 0.1) is 5.82 Å². The van der Waals surface area contributed by atoms with Crippen LogP contribution >= 0.6 is 0 Å². The number of nitrogens with zero attached hydrogens (tertiary/aromatic N) is 4. The van der Waals surface area contributed by atoms with Crippen LogP contribution in [0.3, 0.4) is 0 Å². The molecule has 4 rings (SSSR count). The number of hydrogen-bond donors (Lipinski definition) is 2. The Labute approximate surface area is 182 Å². The summed E-state index contributed by atoms with van der Waals surface area (Å²) >= 11 is 0. The largest absolute Gasteiger partial charge is 0.372 e. The fourth-order valence-electron chi connectivity index (χ4n) is 3.91. The van der Waals surface area contributed by atoms with Gasteiger partial charge < -0.3 is 20.1 Å². The second-order valence-electron chi connectivity index (χ2n) is 7.84. The quantitative estimate of drug-likeness (QED) is 0.467. The monoisotopic (exact) mass is 420 g/mol. The molecule has 7 heteroatoms. The summed E-state index contributed by atoms with van der Waals surface area (Å²) in [5, 5.41) is 6.71. The molecule has 6 nitrogen and oxygen atoms in total. The lowest BCUT2D eigenvalue weighted by molar-refractivity contribution is 0.614. The lowest BCUT2D eigenvalue weighted by Crippen LogP contribution is -2.38. The van der Waals surface area contributed by atoms with E-state index in [0.717, 1.165) is 18.7 Å². The van der Waals surface area contributed by atoms with Crippen LogP contribution < -0.4 is 15.5 Å². The van der Waals surface area contributed by atoms with Crippen LogP contribution in [-0.4, -0.2) is 35.6 Å². The van der Waals surface area contributed by atoms with Crippen LogP contribution in [-0.2, 0) is 6.54 Å². The van der Waals surface area contributed by atoms with Crippen LogP contribution in [0.2, 0.25) is 0 Å². The average molecular weight is 421 g/mol. The molecule has 162 valence electrons. The number of halogens is 1. The molecule has 0 bridgehead atoms. The Bertz CT molecular complexity index is 1020. The van der Waals surface area contributed by atoms with E-state index in [1.807, 2.05) is 6.07 Å². The molecular formula is C24H29FN6. The van der Waals surface area contributed by atoms with Crippen LogP contribution in [0.15, 0.2) is 66.2 Å². The lowest BCUT2D eigenvalue weighted by atomic mass is 10.1. The highest BCUT2D eigenvalue weighted by Crippen LogP contribution is 2.24. The van der Waals surface area contributed by atoms with Gasteiger partial charge in [0.1, 0.15) is 5.82 Å². The molecule has 2 N–H and O–H groups in total. The third kappa shape index (κ3) is 5.05. The van der Waals surface area contributed by atoms with Crippen molar-refractivity contribution in [1.82, 2.24) is 20.2 Å². The predicted octanol–water partition coefficient (Wildman–Crippen LogP) is 4.04. The molecule has 1 aliphatic rings. The Hall–Kier alpha value is -3.35. The standard InChI is InChI=1S/C24H29FN6/c1-18(20-6-5-7-21(15-20)30-11-3-4-12-30)29-24(26-2)28-16-19-8-9-23(22(25)14-19)31-13-10-27-17-31/h5-10,13-15,17-18H,3-4,11-12,16H2,1-2H3,(H2,26,28,29). The van der Waals surface area contributed by atoms with Crippen LogP contribution in [0.4, 0.5) is 10.1 Å². The Balaban J connectivity index is 1.36. The second kappa shape index (κ2) is 9.64. The number of rotatable bonds is 6. The van der Waals surface area contributed by atoms with Gasteiger partial charge in [-0.1, -0.05) is 18.2 Å². The lowest BCUT2D eigenvalue weighted by Gasteiger charge is -2.22. The molecule has 1 fully saturated rings. The number of aromatic nitrogens is 2. The number of nitrogens with one attached hydrogen (secondary N) is 2. The van der Waals surface area contributed by atoms with E-state index >= 15 is 0 Å². The zero-order chi connectivity index (χ0) is 21.6. The number of imidazole rings is 1. The van der Waals surface area contributed by atoms with Crippen molar-refractivity contribution in [3.05, 3.63) is 78.1 Å². The van der Waals surface area contributed by atoms with Crippen molar-refractivity contribution >= 4 is 11.6 Å². The highest BCUT2D eigenvalue weighted by Gasteiger charge is 2.14. The summed E-state index contributed by atoms with van der Waals surface area (Å²) in [7, 11) is 1.74. The van der Waals surface area contributed by atoms with Crippen molar-refractivity contribution in [3.8, 4) is 5.69 Å². The average Bonchev–Trinajstić information content (AvgIpc) is 3.51. The summed E-state index contributed by atoms with van der Waals surface area (Å²) in [6.45, 7) is 4.85. The Morgan fingerprint density at radius 2 is 2.03 bits per heavy atom. The molecule has 1 saturated heterocycles. The molecule has 0 radical (unpaired) electrons. The number of benzene rings is 2. The Morgan fingerprint density at radius 1 is 1.19 bits per heavy atom. The molecule has 1 aromatic heterocycles. The first-order valence-corrected chi connectivity index (χ1v) is 10.7. The van der Waals surface area contributed by atoms with E-state index in [0.29, 0.717) is 18.2 Å². The van der Waals surface area contributed by atoms with E-state index in [4.69, 9.17) is 0 Å². The van der Waals surface area contributed by atoms with Gasteiger partial charge in [0.15, 0.2) is 5.96 Å². The van der Waals surface area contributed by atoms with Crippen molar-refractivity contribution in [2.45, 2.75) is 32.4 Å². The number of hydrogen-bond acceptors (Lipinski definition) is 3. The van der Waals surface area contributed by atoms with Gasteiger partial charge in [-0.3, -0.25) is 4.99 Å². The molecule has 2 aromatic carbocycles. The molecule has 2 heterocycles. The van der Waals surface area contributed by atoms with Crippen molar-refractivity contribution in [1.29, 1.82) is 0 Å². The van der Waals surface area contributed by atoms with Gasteiger partial charge in [-0.15, -0.1) is 0 Å². The number of anilines is 1. The zero-order valence-corrected chi connectivity index (χ0v) is 18.1. The molecule has 1 aliphatic heterocycles. The van der Waals surface area contributed by atoms with E-state index in [2.05, 4.69) is 56.7 Å². The summed E-state index contributed by atoms with van der Waals surface area (Å²) in [5.74, 6) is 0.394. The van der Waals surface area contributed by atoms with Crippen molar-refractivity contribution in [3.63, 3.8) is 0 Å². The summed E-state index contributed by atoms with van der Waals surface area (Å²) in [6.07, 6.45) is 7.47. The fourth-order valence-corrected chi connectivity index (χ4v) is 3.91. The van der Waals surface area contributed by atoms with E-state index in [1.54, 1.807) is 42.5 Å². The molecule has 1 atom stereocenters. The topological polar surface area (TPSA) is 57.5 Å². The van der Waals surface area contributed by atoms with E-state index < -0.39 is 0 Å². The van der Waals surface area contributed by atoms with Crippen molar-refractivity contribution in [2.75, 3.05) is 25.0 Å². The minimum Gasteiger partial charge on any atom is -0.372 e. The summed E-state index contributed by atoms with van der Waals surface area (Å²) in [4.78, 5) is 10.7. The van der Waals surface area contributed by atoms with E-state index in [-0.39, 0.29) is 11.9 Å². The van der Waals surface area contributed by atoms with Crippen molar-refractivity contribution in [2.24, 2.45) is 4.99 Å². The minimum absolute atomic E-state index is 0.0918. The van der Waals surface area contributed by atoms with Crippen LogP contribution in [0.1, 0.15) is 36.9 Å². The maximum atomic E-state index is 14.5.